The molecule has 1 N–H and O–H groups in total. The minimum atomic E-state index is -4.52. The molecule has 0 atom stereocenters. The van der Waals surface area contributed by atoms with E-state index < -0.39 is 17.6 Å². The van der Waals surface area contributed by atoms with Crippen LogP contribution in [0.25, 0.3) is 16.8 Å². The molecular weight excluding hydrogens is 431 g/mol. The van der Waals surface area contributed by atoms with Gasteiger partial charge < -0.3 is 5.32 Å². The van der Waals surface area contributed by atoms with E-state index in [9.17, 15) is 18.0 Å². The van der Waals surface area contributed by atoms with E-state index in [2.05, 4.69) is 20.6 Å². The van der Waals surface area contributed by atoms with Crippen molar-refractivity contribution in [2.45, 2.75) is 20.0 Å². The van der Waals surface area contributed by atoms with E-state index in [1.54, 1.807) is 32.0 Å². The zero-order valence-corrected chi connectivity index (χ0v) is 17.1. The number of carbonyl (C=O) groups excluding carboxylic acids is 1. The van der Waals surface area contributed by atoms with Crippen LogP contribution in [-0.4, -0.2) is 25.7 Å². The molecule has 4 rings (SSSR count). The average Bonchev–Trinajstić information content (AvgIpc) is 3.04. The Balaban J connectivity index is 1.71. The maximum Gasteiger partial charge on any atom is 0.416 e. The number of benzene rings is 2. The lowest BCUT2D eigenvalue weighted by molar-refractivity contribution is -0.137. The first-order valence-electron chi connectivity index (χ1n) is 9.12. The van der Waals surface area contributed by atoms with Crippen LogP contribution in [0.3, 0.4) is 0 Å². The monoisotopic (exact) mass is 445 g/mol. The van der Waals surface area contributed by atoms with E-state index in [1.807, 2.05) is 6.07 Å². The Morgan fingerprint density at radius 1 is 1.06 bits per heavy atom. The molecule has 0 radical (unpaired) electrons. The Morgan fingerprint density at radius 2 is 1.81 bits per heavy atom. The minimum absolute atomic E-state index is 0.00242. The van der Waals surface area contributed by atoms with Crippen molar-refractivity contribution in [2.24, 2.45) is 0 Å². The number of carbonyl (C=O) groups is 1. The summed E-state index contributed by atoms with van der Waals surface area (Å²) in [5.74, 6) is -0.691. The van der Waals surface area contributed by atoms with Gasteiger partial charge in [-0.05, 0) is 49.7 Å². The lowest BCUT2D eigenvalue weighted by atomic mass is 10.1. The van der Waals surface area contributed by atoms with Gasteiger partial charge in [-0.15, -0.1) is 10.2 Å². The topological polar surface area (TPSA) is 72.2 Å². The van der Waals surface area contributed by atoms with Gasteiger partial charge in [-0.1, -0.05) is 29.8 Å². The second-order valence-corrected chi connectivity index (χ2v) is 7.31. The first-order valence-corrected chi connectivity index (χ1v) is 9.50. The summed E-state index contributed by atoms with van der Waals surface area (Å²) in [4.78, 5) is 12.7. The second-order valence-electron chi connectivity index (χ2n) is 6.87. The number of hydrogen-bond acceptors (Lipinski definition) is 4. The number of nitrogens with one attached hydrogen (secondary N) is 1. The van der Waals surface area contributed by atoms with Crippen LogP contribution in [0.4, 0.5) is 18.9 Å². The molecule has 2 aromatic carbocycles. The largest absolute Gasteiger partial charge is 0.416 e. The number of nitrogens with zero attached hydrogens (tertiary/aromatic N) is 4. The fourth-order valence-corrected chi connectivity index (χ4v) is 3.46. The molecular formula is C21H15ClF3N5O. The molecule has 4 aromatic rings. The highest BCUT2D eigenvalue weighted by Crippen LogP contribution is 2.31. The summed E-state index contributed by atoms with van der Waals surface area (Å²) in [5.41, 5.74) is 2.10. The summed E-state index contributed by atoms with van der Waals surface area (Å²) < 4.78 is 40.2. The molecule has 6 nitrogen and oxygen atoms in total. The molecule has 1 amide bonds. The summed E-state index contributed by atoms with van der Waals surface area (Å²) in [6.45, 7) is 3.43. The Labute approximate surface area is 179 Å². The highest BCUT2D eigenvalue weighted by molar-refractivity contribution is 6.30. The van der Waals surface area contributed by atoms with Crippen molar-refractivity contribution >= 4 is 28.8 Å². The van der Waals surface area contributed by atoms with Crippen LogP contribution >= 0.6 is 11.6 Å². The Morgan fingerprint density at radius 3 is 2.52 bits per heavy atom. The molecule has 0 unspecified atom stereocenters. The number of amides is 1. The van der Waals surface area contributed by atoms with E-state index in [4.69, 9.17) is 11.6 Å². The molecule has 0 bridgehead atoms. The van der Waals surface area contributed by atoms with Crippen molar-refractivity contribution in [2.75, 3.05) is 5.32 Å². The Hall–Kier alpha value is -3.46. The number of anilines is 1. The van der Waals surface area contributed by atoms with Crippen LogP contribution in [0.5, 0.6) is 0 Å². The molecule has 2 heterocycles. The molecule has 0 saturated heterocycles. The van der Waals surface area contributed by atoms with Crippen LogP contribution in [0, 0.1) is 13.8 Å². The lowest BCUT2D eigenvalue weighted by Gasteiger charge is -2.10. The highest BCUT2D eigenvalue weighted by atomic mass is 35.5. The maximum atomic E-state index is 12.9. The normalized spacial score (nSPS) is 11.7. The third-order valence-electron chi connectivity index (χ3n) is 4.72. The number of aryl methyl sites for hydroxylation is 2. The summed E-state index contributed by atoms with van der Waals surface area (Å²) in [7, 11) is 0. The first kappa shape index (κ1) is 20.8. The smallest absolute Gasteiger partial charge is 0.321 e. The number of halogens is 4. The zero-order chi connectivity index (χ0) is 22.3. The number of rotatable bonds is 3. The highest BCUT2D eigenvalue weighted by Gasteiger charge is 2.30. The van der Waals surface area contributed by atoms with Gasteiger partial charge in [0.05, 0.1) is 22.5 Å². The minimum Gasteiger partial charge on any atom is -0.321 e. The van der Waals surface area contributed by atoms with Gasteiger partial charge in [-0.25, -0.2) is 4.52 Å². The summed E-state index contributed by atoms with van der Waals surface area (Å²) >= 11 is 6.09. The number of aromatic nitrogens is 4. The van der Waals surface area contributed by atoms with Crippen LogP contribution in [0.1, 0.15) is 27.4 Å². The molecule has 0 aliphatic heterocycles. The molecule has 10 heteroatoms. The standard InChI is InChI=1S/C21H15ClF3N5O/c1-11-17(13-5-3-7-15(22)9-13)19-28-27-18(12(2)30(19)29-11)20(31)26-16-8-4-6-14(10-16)21(23,24)25/h3-10H,1-2H3,(H,26,31). The third-order valence-corrected chi connectivity index (χ3v) is 4.95. The number of hydrogen-bond donors (Lipinski definition) is 1. The predicted octanol–water partition coefficient (Wildman–Crippen LogP) is 5.33. The molecule has 158 valence electrons. The predicted molar refractivity (Wildman–Crippen MR) is 110 cm³/mol. The molecule has 0 aliphatic rings. The molecule has 2 aromatic heterocycles. The van der Waals surface area contributed by atoms with Crippen molar-refractivity contribution in [3.05, 3.63) is 76.2 Å². The Kier molecular flexibility index (Phi) is 5.14. The van der Waals surface area contributed by atoms with Gasteiger partial charge in [0.15, 0.2) is 11.3 Å². The zero-order valence-electron chi connectivity index (χ0n) is 16.3. The van der Waals surface area contributed by atoms with Crippen LogP contribution in [-0.2, 0) is 6.18 Å². The van der Waals surface area contributed by atoms with Crippen molar-refractivity contribution in [3.8, 4) is 11.1 Å². The van der Waals surface area contributed by atoms with Gasteiger partial charge in [-0.2, -0.15) is 18.3 Å². The summed E-state index contributed by atoms with van der Waals surface area (Å²) in [5, 5.41) is 15.6. The van der Waals surface area contributed by atoms with Crippen molar-refractivity contribution < 1.29 is 18.0 Å². The third kappa shape index (κ3) is 3.96. The van der Waals surface area contributed by atoms with Gasteiger partial charge in [0, 0.05) is 10.7 Å². The summed E-state index contributed by atoms with van der Waals surface area (Å²) in [6.07, 6.45) is -4.52. The maximum absolute atomic E-state index is 12.9. The van der Waals surface area contributed by atoms with Gasteiger partial charge in [0.2, 0.25) is 0 Å². The summed E-state index contributed by atoms with van der Waals surface area (Å²) in [6, 6.07) is 11.6. The van der Waals surface area contributed by atoms with Crippen molar-refractivity contribution in [1.82, 2.24) is 19.8 Å². The first-order chi connectivity index (χ1) is 14.6. The van der Waals surface area contributed by atoms with E-state index in [0.29, 0.717) is 22.1 Å². The molecule has 0 fully saturated rings. The molecule has 0 saturated carbocycles. The average molecular weight is 446 g/mol. The van der Waals surface area contributed by atoms with E-state index >= 15 is 0 Å². The molecule has 0 spiro atoms. The van der Waals surface area contributed by atoms with Crippen LogP contribution < -0.4 is 5.32 Å². The fourth-order valence-electron chi connectivity index (χ4n) is 3.27. The fraction of sp³-hybridized carbons (Fsp3) is 0.143. The van der Waals surface area contributed by atoms with Gasteiger partial charge in [0.1, 0.15) is 0 Å². The molecule has 31 heavy (non-hydrogen) atoms. The SMILES string of the molecule is Cc1nn2c(C)c(C(=O)Nc3cccc(C(F)(F)F)c3)nnc2c1-c1cccc(Cl)c1. The Bertz CT molecular complexity index is 1320. The van der Waals surface area contributed by atoms with E-state index in [1.165, 1.54) is 16.6 Å². The van der Waals surface area contributed by atoms with Crippen molar-refractivity contribution in [3.63, 3.8) is 0 Å². The second kappa shape index (κ2) is 7.66. The number of fused-ring (bicyclic) bond motifs is 1. The lowest BCUT2D eigenvalue weighted by Crippen LogP contribution is -2.19. The van der Waals surface area contributed by atoms with Gasteiger partial charge in [-0.3, -0.25) is 4.79 Å². The van der Waals surface area contributed by atoms with Crippen molar-refractivity contribution in [1.29, 1.82) is 0 Å². The molecule has 0 aliphatic carbocycles. The van der Waals surface area contributed by atoms with Crippen LogP contribution in [0.2, 0.25) is 5.02 Å². The quantitative estimate of drug-likeness (QED) is 0.462. The number of alkyl halides is 3. The van der Waals surface area contributed by atoms with Gasteiger partial charge >= 0.3 is 6.18 Å². The van der Waals surface area contributed by atoms with Gasteiger partial charge in [0.25, 0.3) is 5.91 Å². The van der Waals surface area contributed by atoms with E-state index in [-0.39, 0.29) is 11.4 Å². The van der Waals surface area contributed by atoms with E-state index in [0.717, 1.165) is 23.3 Å². The van der Waals surface area contributed by atoms with Crippen LogP contribution in [0.15, 0.2) is 48.5 Å².